The summed E-state index contributed by atoms with van der Waals surface area (Å²) < 4.78 is 6.09. The van der Waals surface area contributed by atoms with Crippen LogP contribution >= 0.6 is 0 Å². The number of Topliss-reactive ketones (excluding diaryl/α,β-unsaturated/α-hetero) is 1. The number of benzene rings is 2. The van der Waals surface area contributed by atoms with Crippen molar-refractivity contribution in [2.45, 2.75) is 142 Å². The van der Waals surface area contributed by atoms with Crippen LogP contribution in [0.4, 0.5) is 5.69 Å². The zero-order chi connectivity index (χ0) is 52.3. The molecule has 0 aromatic heterocycles. The molecule has 2 saturated carbocycles. The van der Waals surface area contributed by atoms with E-state index in [1.807, 2.05) is 59.7 Å². The SMILES string of the molecule is CCC[C@H](NC(=O)[C@@H]1[C@@H]2C(CN1C(=O)[C@H](CC1CC1)NC(=O)[C@H](CCC(=O)C(N)=O)NC(=O)c1cc(C(=O)O)cc([N+](=O)[O-])c1)C2(C)C)C(=O)N1CCC[C@@]1(C)C(=O)NC(C)COc1c(C)cccc1C. The highest BCUT2D eigenvalue weighted by atomic mass is 16.6. The fourth-order valence-electron chi connectivity index (χ4n) is 10.3. The molecule has 21 heteroatoms. The number of nitrogens with two attached hydrogens (primary N) is 1. The van der Waals surface area contributed by atoms with E-state index in [9.17, 15) is 58.4 Å². The number of nitro benzene ring substituents is 1. The molecule has 7 N–H and O–H groups in total. The molecule has 21 nitrogen and oxygen atoms in total. The van der Waals surface area contributed by atoms with Crippen LogP contribution in [0.15, 0.2) is 36.4 Å². The lowest BCUT2D eigenvalue weighted by atomic mass is 9.95. The Hall–Kier alpha value is -6.93. The van der Waals surface area contributed by atoms with E-state index in [1.54, 1.807) is 6.92 Å². The second-order valence-corrected chi connectivity index (χ2v) is 20.4. The maximum Gasteiger partial charge on any atom is 0.335 e. The molecule has 2 aromatic rings. The number of amides is 7. The molecule has 2 heterocycles. The van der Waals surface area contributed by atoms with E-state index in [4.69, 9.17) is 10.5 Å². The lowest BCUT2D eigenvalue weighted by Crippen LogP contribution is -2.62. The number of aromatic carboxylic acids is 1. The van der Waals surface area contributed by atoms with Gasteiger partial charge in [-0.25, -0.2) is 4.79 Å². The number of hydrogen-bond acceptors (Lipinski definition) is 12. The quantitative estimate of drug-likeness (QED) is 0.0531. The van der Waals surface area contributed by atoms with Crippen molar-refractivity contribution in [2.75, 3.05) is 19.7 Å². The molecule has 4 aliphatic rings. The number of nitro groups is 1. The number of para-hydroxylation sites is 1. The predicted molar refractivity (Wildman–Crippen MR) is 255 cm³/mol. The van der Waals surface area contributed by atoms with E-state index in [-0.39, 0.29) is 61.6 Å². The van der Waals surface area contributed by atoms with Crippen LogP contribution in [0.3, 0.4) is 0 Å². The fourth-order valence-corrected chi connectivity index (χ4v) is 10.3. The van der Waals surface area contributed by atoms with Gasteiger partial charge < -0.3 is 46.6 Å². The number of carboxylic acids is 1. The van der Waals surface area contributed by atoms with Gasteiger partial charge in [0.15, 0.2) is 0 Å². The first kappa shape index (κ1) is 53.4. The molecule has 2 unspecified atom stereocenters. The van der Waals surface area contributed by atoms with Crippen LogP contribution < -0.4 is 31.7 Å². The number of likely N-dealkylation sites (tertiary alicyclic amines) is 2. The van der Waals surface area contributed by atoms with Crippen molar-refractivity contribution in [1.82, 2.24) is 31.1 Å². The maximum absolute atomic E-state index is 14.8. The number of ether oxygens (including phenoxy) is 1. The van der Waals surface area contributed by atoms with Crippen LogP contribution in [0.2, 0.25) is 0 Å². The number of aryl methyl sites for hydroxylation is 2. The van der Waals surface area contributed by atoms with Crippen LogP contribution in [0.1, 0.15) is 124 Å². The van der Waals surface area contributed by atoms with Crippen LogP contribution in [-0.2, 0) is 33.6 Å². The molecule has 0 spiro atoms. The van der Waals surface area contributed by atoms with Gasteiger partial charge in [-0.15, -0.1) is 0 Å². The van der Waals surface area contributed by atoms with Gasteiger partial charge in [0, 0.05) is 37.2 Å². The molecule has 0 bridgehead atoms. The zero-order valence-electron chi connectivity index (χ0n) is 41.3. The van der Waals surface area contributed by atoms with E-state index in [1.165, 1.54) is 9.80 Å². The summed E-state index contributed by atoms with van der Waals surface area (Å²) in [5, 5.41) is 32.2. The van der Waals surface area contributed by atoms with Crippen molar-refractivity contribution in [3.8, 4) is 5.75 Å². The summed E-state index contributed by atoms with van der Waals surface area (Å²) in [4.78, 5) is 135. The Balaban J connectivity index is 1.19. The van der Waals surface area contributed by atoms with Crippen molar-refractivity contribution in [1.29, 1.82) is 0 Å². The number of fused-ring (bicyclic) bond motifs is 1. The number of rotatable bonds is 23. The maximum atomic E-state index is 14.8. The lowest BCUT2D eigenvalue weighted by molar-refractivity contribution is -0.384. The highest BCUT2D eigenvalue weighted by molar-refractivity contribution is 6.35. The molecule has 4 fully saturated rings. The number of nitrogens with one attached hydrogen (secondary N) is 4. The van der Waals surface area contributed by atoms with Crippen molar-refractivity contribution in [3.05, 3.63) is 68.8 Å². The third-order valence-corrected chi connectivity index (χ3v) is 14.7. The highest BCUT2D eigenvalue weighted by Gasteiger charge is 2.70. The zero-order valence-corrected chi connectivity index (χ0v) is 41.3. The van der Waals surface area contributed by atoms with Gasteiger partial charge in [0.1, 0.15) is 42.1 Å². The third-order valence-electron chi connectivity index (χ3n) is 14.7. The standard InChI is InChI=1S/C50H66N8O13/c1-8-11-35(46(65)57-19-10-18-50(57,7)48(68)52-28(4)25-71-40-26(2)12-9-13-27(40)3)54-44(63)39-38-33(49(38,5)6)24-56(39)45(64)36(20-29-14-15-29)55-43(62)34(16-17-37(59)41(51)60)53-42(61)30-21-31(47(66)67)23-32(22-30)58(69)70/h9,12-13,21-23,28-29,33-36,38-39H,8,10-11,14-20,24-25H2,1-7H3,(H2,51,60)(H,52,68)(H,53,61)(H,54,63)(H,55,62)(H,66,67)/t28?,33?,34-,35-,36-,38-,39-,50-/m0/s1. The summed E-state index contributed by atoms with van der Waals surface area (Å²) in [6.07, 6.45) is 2.25. The van der Waals surface area contributed by atoms with E-state index < -0.39 is 118 Å². The van der Waals surface area contributed by atoms with Crippen molar-refractivity contribution >= 4 is 58.8 Å². The van der Waals surface area contributed by atoms with Gasteiger partial charge in [-0.2, -0.15) is 0 Å². The smallest absolute Gasteiger partial charge is 0.335 e. The Labute approximate surface area is 411 Å². The number of nitrogens with zero attached hydrogens (tertiary/aromatic N) is 3. The number of carbonyl (C=O) groups is 9. The molecule has 71 heavy (non-hydrogen) atoms. The average molecular weight is 987 g/mol. The number of ketones is 1. The van der Waals surface area contributed by atoms with Crippen LogP contribution in [0.5, 0.6) is 5.75 Å². The predicted octanol–water partition coefficient (Wildman–Crippen LogP) is 2.86. The largest absolute Gasteiger partial charge is 0.491 e. The highest BCUT2D eigenvalue weighted by Crippen LogP contribution is 2.65. The van der Waals surface area contributed by atoms with Crippen molar-refractivity contribution in [3.63, 3.8) is 0 Å². The number of primary amides is 1. The van der Waals surface area contributed by atoms with Gasteiger partial charge in [0.05, 0.1) is 16.5 Å². The number of piperidine rings is 1. The van der Waals surface area contributed by atoms with Crippen LogP contribution in [0.25, 0.3) is 0 Å². The van der Waals surface area contributed by atoms with E-state index >= 15 is 0 Å². The minimum Gasteiger partial charge on any atom is -0.491 e. The Morgan fingerprint density at radius 2 is 1.56 bits per heavy atom. The Bertz CT molecular complexity index is 2440. The summed E-state index contributed by atoms with van der Waals surface area (Å²) >= 11 is 0. The summed E-state index contributed by atoms with van der Waals surface area (Å²) in [7, 11) is 0. The molecule has 6 rings (SSSR count). The van der Waals surface area contributed by atoms with Gasteiger partial charge in [-0.05, 0) is 100 Å². The molecule has 2 aliphatic carbocycles. The van der Waals surface area contributed by atoms with E-state index in [0.717, 1.165) is 47.9 Å². The fraction of sp³-hybridized carbons (Fsp3) is 0.580. The molecular formula is C50H66N8O13. The van der Waals surface area contributed by atoms with Gasteiger partial charge in [-0.3, -0.25) is 48.5 Å². The molecule has 2 aliphatic heterocycles. The summed E-state index contributed by atoms with van der Waals surface area (Å²) in [5.41, 5.74) is 3.72. The number of carboxylic acid groups (broad SMARTS) is 1. The third kappa shape index (κ3) is 12.0. The summed E-state index contributed by atoms with van der Waals surface area (Å²) in [5.74, 6) is -7.56. The minimum absolute atomic E-state index is 0.0280. The molecule has 2 aromatic carbocycles. The minimum atomic E-state index is -1.63. The van der Waals surface area contributed by atoms with Gasteiger partial charge in [0.2, 0.25) is 35.3 Å². The Morgan fingerprint density at radius 3 is 2.17 bits per heavy atom. The topological polar surface area (TPSA) is 307 Å². The summed E-state index contributed by atoms with van der Waals surface area (Å²) in [6.45, 7) is 13.9. The van der Waals surface area contributed by atoms with Crippen molar-refractivity contribution < 1.29 is 57.9 Å². The second kappa shape index (κ2) is 21.6. The van der Waals surface area contributed by atoms with E-state index in [0.29, 0.717) is 19.3 Å². The second-order valence-electron chi connectivity index (χ2n) is 20.4. The monoisotopic (exact) mass is 986 g/mol. The Kier molecular flexibility index (Phi) is 16.3. The molecule has 2 saturated heterocycles. The first-order valence-corrected chi connectivity index (χ1v) is 24.3. The molecule has 384 valence electrons. The van der Waals surface area contributed by atoms with Gasteiger partial charge >= 0.3 is 5.97 Å². The Morgan fingerprint density at radius 1 is 0.901 bits per heavy atom. The van der Waals surface area contributed by atoms with E-state index in [2.05, 4.69) is 21.3 Å². The molecule has 0 radical (unpaired) electrons. The average Bonchev–Trinajstić information content (AvgIpc) is 4.09. The van der Waals surface area contributed by atoms with Gasteiger partial charge in [-0.1, -0.05) is 58.2 Å². The van der Waals surface area contributed by atoms with Crippen molar-refractivity contribution in [2.24, 2.45) is 28.9 Å². The number of carbonyl (C=O) groups excluding carboxylic acids is 8. The number of non-ortho nitro benzene ring substituents is 1. The van der Waals surface area contributed by atoms with Crippen LogP contribution in [-0.4, -0.2) is 128 Å². The van der Waals surface area contributed by atoms with Gasteiger partial charge in [0.25, 0.3) is 17.5 Å². The normalized spacial score (nSPS) is 22.4. The number of hydrogen-bond donors (Lipinski definition) is 6. The molecule has 8 atom stereocenters. The molecule has 7 amide bonds. The molecular weight excluding hydrogens is 921 g/mol. The lowest BCUT2D eigenvalue weighted by Gasteiger charge is -2.38. The first-order valence-electron chi connectivity index (χ1n) is 24.3. The van der Waals surface area contributed by atoms with Crippen LogP contribution in [0, 0.1) is 47.1 Å². The summed E-state index contributed by atoms with van der Waals surface area (Å²) in [6, 6.07) is 2.91. The first-order chi connectivity index (χ1) is 33.4.